The van der Waals surface area contributed by atoms with Crippen LogP contribution in [0.3, 0.4) is 0 Å². The first-order valence-corrected chi connectivity index (χ1v) is 8.54. The number of thiophene rings is 1. The molecular weight excluding hydrogens is 272 g/mol. The van der Waals surface area contributed by atoms with Crippen molar-refractivity contribution in [3.8, 4) is 0 Å². The van der Waals surface area contributed by atoms with Gasteiger partial charge in [-0.2, -0.15) is 0 Å². The fraction of sp³-hybridized carbons (Fsp3) is 0.733. The molecule has 0 aliphatic heterocycles. The molecule has 1 N–H and O–H groups in total. The van der Waals surface area contributed by atoms with Gasteiger partial charge >= 0.3 is 5.00 Å². The first-order valence-electron chi connectivity index (χ1n) is 7.66. The molecule has 0 aromatic carbocycles. The lowest BCUT2D eigenvalue weighted by Gasteiger charge is -2.03. The summed E-state index contributed by atoms with van der Waals surface area (Å²) in [7, 11) is 0. The molecule has 0 radical (unpaired) electrons. The van der Waals surface area contributed by atoms with Crippen molar-refractivity contribution in [2.24, 2.45) is 0 Å². The first kappa shape index (κ1) is 17.1. The number of rotatable bonds is 12. The Morgan fingerprint density at radius 2 is 1.80 bits per heavy atom. The summed E-state index contributed by atoms with van der Waals surface area (Å²) in [6.07, 6.45) is 10.6. The van der Waals surface area contributed by atoms with E-state index in [1.54, 1.807) is 6.07 Å². The van der Waals surface area contributed by atoms with Gasteiger partial charge in [0.05, 0.1) is 4.92 Å². The maximum absolute atomic E-state index is 10.6. The van der Waals surface area contributed by atoms with Crippen molar-refractivity contribution >= 4 is 16.3 Å². The molecule has 1 aromatic rings. The minimum Gasteiger partial charge on any atom is -0.313 e. The van der Waals surface area contributed by atoms with E-state index in [9.17, 15) is 10.1 Å². The van der Waals surface area contributed by atoms with Crippen molar-refractivity contribution in [2.45, 2.75) is 64.8 Å². The molecule has 1 aromatic heterocycles. The average Bonchev–Trinajstić information content (AvgIpc) is 2.90. The Morgan fingerprint density at radius 3 is 2.40 bits per heavy atom. The fourth-order valence-electron chi connectivity index (χ4n) is 2.17. The van der Waals surface area contributed by atoms with Crippen LogP contribution in [0, 0.1) is 10.1 Å². The predicted molar refractivity (Wildman–Crippen MR) is 85.3 cm³/mol. The van der Waals surface area contributed by atoms with E-state index in [0.717, 1.165) is 18.7 Å². The highest BCUT2D eigenvalue weighted by molar-refractivity contribution is 7.13. The lowest BCUT2D eigenvalue weighted by atomic mass is 10.1. The number of nitrogens with zero attached hydrogens (tertiary/aromatic N) is 1. The molecule has 0 bridgehead atoms. The smallest absolute Gasteiger partial charge is 0.313 e. The zero-order valence-corrected chi connectivity index (χ0v) is 13.2. The lowest BCUT2D eigenvalue weighted by molar-refractivity contribution is -0.380. The van der Waals surface area contributed by atoms with Gasteiger partial charge in [0.1, 0.15) is 0 Å². The van der Waals surface area contributed by atoms with Crippen LogP contribution < -0.4 is 5.32 Å². The molecule has 114 valence electrons. The zero-order chi connectivity index (χ0) is 14.6. The third-order valence-electron chi connectivity index (χ3n) is 3.36. The van der Waals surface area contributed by atoms with E-state index in [1.165, 1.54) is 62.7 Å². The van der Waals surface area contributed by atoms with Gasteiger partial charge in [-0.3, -0.25) is 10.1 Å². The molecule has 0 fully saturated rings. The van der Waals surface area contributed by atoms with Crippen molar-refractivity contribution in [3.63, 3.8) is 0 Å². The minimum atomic E-state index is -0.327. The van der Waals surface area contributed by atoms with Crippen molar-refractivity contribution in [1.82, 2.24) is 5.32 Å². The van der Waals surface area contributed by atoms with Crippen LogP contribution >= 0.6 is 11.3 Å². The van der Waals surface area contributed by atoms with Gasteiger partial charge in [-0.05, 0) is 18.5 Å². The van der Waals surface area contributed by atoms with Gasteiger partial charge in [0, 0.05) is 18.0 Å². The Labute approximate surface area is 125 Å². The van der Waals surface area contributed by atoms with Gasteiger partial charge in [-0.1, -0.05) is 63.2 Å². The summed E-state index contributed by atoms with van der Waals surface area (Å²) >= 11 is 1.20. The predicted octanol–water partition coefficient (Wildman–Crippen LogP) is 4.89. The maximum Gasteiger partial charge on any atom is 0.324 e. The highest BCUT2D eigenvalue weighted by Gasteiger charge is 2.08. The molecule has 0 atom stereocenters. The van der Waals surface area contributed by atoms with Gasteiger partial charge in [0.25, 0.3) is 0 Å². The normalized spacial score (nSPS) is 10.8. The summed E-state index contributed by atoms with van der Waals surface area (Å²) in [4.78, 5) is 10.2. The second kappa shape index (κ2) is 10.8. The van der Waals surface area contributed by atoms with Crippen molar-refractivity contribution in [1.29, 1.82) is 0 Å². The molecule has 0 spiro atoms. The molecule has 0 aliphatic carbocycles. The Kier molecular flexibility index (Phi) is 9.24. The van der Waals surface area contributed by atoms with Gasteiger partial charge < -0.3 is 5.32 Å². The monoisotopic (exact) mass is 298 g/mol. The van der Waals surface area contributed by atoms with Gasteiger partial charge in [-0.25, -0.2) is 0 Å². The maximum atomic E-state index is 10.6. The molecule has 20 heavy (non-hydrogen) atoms. The number of nitrogens with one attached hydrogen (secondary N) is 1. The van der Waals surface area contributed by atoms with E-state index in [4.69, 9.17) is 0 Å². The Balaban J connectivity index is 1.93. The minimum absolute atomic E-state index is 0.230. The van der Waals surface area contributed by atoms with Crippen molar-refractivity contribution in [2.75, 3.05) is 6.54 Å². The van der Waals surface area contributed by atoms with E-state index in [0.29, 0.717) is 0 Å². The summed E-state index contributed by atoms with van der Waals surface area (Å²) in [5.74, 6) is 0. The van der Waals surface area contributed by atoms with Crippen LogP contribution in [0.5, 0.6) is 0 Å². The molecule has 0 unspecified atom stereocenters. The number of nitro groups is 1. The zero-order valence-electron chi connectivity index (χ0n) is 12.4. The summed E-state index contributed by atoms with van der Waals surface area (Å²) in [5.41, 5.74) is 1.02. The van der Waals surface area contributed by atoms with Crippen LogP contribution in [0.1, 0.15) is 63.9 Å². The van der Waals surface area contributed by atoms with Crippen LogP contribution in [-0.2, 0) is 6.54 Å². The quantitative estimate of drug-likeness (QED) is 0.340. The molecule has 1 rings (SSSR count). The third-order valence-corrected chi connectivity index (χ3v) is 4.29. The molecular formula is C15H26N2O2S. The SMILES string of the molecule is CCCCCCCCCCNCc1csc([N+](=O)[O-])c1. The van der Waals surface area contributed by atoms with Crippen LogP contribution in [0.4, 0.5) is 5.00 Å². The topological polar surface area (TPSA) is 55.2 Å². The summed E-state index contributed by atoms with van der Waals surface area (Å²) < 4.78 is 0. The van der Waals surface area contributed by atoms with Crippen LogP contribution in [0.15, 0.2) is 11.4 Å². The van der Waals surface area contributed by atoms with E-state index in [-0.39, 0.29) is 9.92 Å². The molecule has 0 saturated heterocycles. The van der Waals surface area contributed by atoms with E-state index < -0.39 is 0 Å². The highest BCUT2D eigenvalue weighted by atomic mass is 32.1. The van der Waals surface area contributed by atoms with Gasteiger partial charge in [-0.15, -0.1) is 0 Å². The second-order valence-corrected chi connectivity index (χ2v) is 6.09. The molecule has 4 nitrogen and oxygen atoms in total. The van der Waals surface area contributed by atoms with E-state index in [2.05, 4.69) is 12.2 Å². The van der Waals surface area contributed by atoms with Crippen LogP contribution in [-0.4, -0.2) is 11.5 Å². The number of unbranched alkanes of at least 4 members (excludes halogenated alkanes) is 7. The standard InChI is InChI=1S/C15H26N2O2S/c1-2-3-4-5-6-7-8-9-10-16-12-14-11-15(17(18)19)20-13-14/h11,13,16H,2-10,12H2,1H3. The van der Waals surface area contributed by atoms with E-state index >= 15 is 0 Å². The van der Waals surface area contributed by atoms with Gasteiger partial charge in [0.2, 0.25) is 0 Å². The van der Waals surface area contributed by atoms with Crippen LogP contribution in [0.25, 0.3) is 0 Å². The van der Waals surface area contributed by atoms with Gasteiger partial charge in [0.15, 0.2) is 0 Å². The third kappa shape index (κ3) is 7.60. The average molecular weight is 298 g/mol. The first-order chi connectivity index (χ1) is 9.74. The van der Waals surface area contributed by atoms with Crippen molar-refractivity contribution in [3.05, 3.63) is 27.1 Å². The number of hydrogen-bond donors (Lipinski definition) is 1. The fourth-order valence-corrected chi connectivity index (χ4v) is 2.90. The molecule has 0 saturated carbocycles. The molecule has 0 amide bonds. The molecule has 1 heterocycles. The Morgan fingerprint density at radius 1 is 1.15 bits per heavy atom. The molecule has 0 aliphatic rings. The summed E-state index contributed by atoms with van der Waals surface area (Å²) in [5, 5.41) is 16.0. The molecule has 5 heteroatoms. The largest absolute Gasteiger partial charge is 0.324 e. The Bertz CT molecular complexity index is 380. The number of hydrogen-bond acceptors (Lipinski definition) is 4. The second-order valence-electron chi connectivity index (χ2n) is 5.20. The highest BCUT2D eigenvalue weighted by Crippen LogP contribution is 2.22. The van der Waals surface area contributed by atoms with E-state index in [1.807, 2.05) is 5.38 Å². The van der Waals surface area contributed by atoms with Crippen molar-refractivity contribution < 1.29 is 4.92 Å². The van der Waals surface area contributed by atoms with Crippen LogP contribution in [0.2, 0.25) is 0 Å². The Hall–Kier alpha value is -0.940. The summed E-state index contributed by atoms with van der Waals surface area (Å²) in [6.45, 7) is 3.98. The lowest BCUT2D eigenvalue weighted by Crippen LogP contribution is -2.14. The summed E-state index contributed by atoms with van der Waals surface area (Å²) in [6, 6.07) is 1.66.